The molecule has 0 aliphatic rings. The summed E-state index contributed by atoms with van der Waals surface area (Å²) in [5.74, 6) is 0.374. The van der Waals surface area contributed by atoms with Crippen molar-refractivity contribution in [1.29, 1.82) is 5.26 Å². The number of aromatic nitrogens is 2. The van der Waals surface area contributed by atoms with Gasteiger partial charge in [-0.2, -0.15) is 5.26 Å². The normalized spacial score (nSPS) is 11.8. The topological polar surface area (TPSA) is 117 Å². The smallest absolute Gasteiger partial charge is 0.138 e. The molecule has 10 heteroatoms. The molecule has 0 amide bonds. The molecule has 0 aliphatic carbocycles. The minimum absolute atomic E-state index is 0. The molecule has 0 spiro atoms. The van der Waals surface area contributed by atoms with E-state index in [2.05, 4.69) is 59.5 Å². The quantitative estimate of drug-likeness (QED) is 0.140. The van der Waals surface area contributed by atoms with Crippen molar-refractivity contribution in [3.05, 3.63) is 113 Å². The Hall–Kier alpha value is -3.48. The van der Waals surface area contributed by atoms with Gasteiger partial charge in [-0.05, 0) is 62.7 Å². The zero-order valence-electron chi connectivity index (χ0n) is 26.5. The fourth-order valence-electron chi connectivity index (χ4n) is 4.81. The van der Waals surface area contributed by atoms with Gasteiger partial charge in [0.2, 0.25) is 0 Å². The molecular weight excluding hydrogens is 641 g/mol. The molecule has 0 saturated heterocycles. The molecule has 5 rings (SSSR count). The molecule has 0 radical (unpaired) electrons. The third-order valence-electron chi connectivity index (χ3n) is 6.97. The van der Waals surface area contributed by atoms with E-state index in [-0.39, 0.29) is 48.1 Å². The van der Waals surface area contributed by atoms with Gasteiger partial charge in [-0.15, -0.1) is 24.8 Å². The number of aliphatic hydroxyl groups is 1. The zero-order valence-corrected chi connectivity index (χ0v) is 28.9. The Morgan fingerprint density at radius 3 is 1.89 bits per heavy atom. The Morgan fingerprint density at radius 2 is 1.37 bits per heavy atom. The summed E-state index contributed by atoms with van der Waals surface area (Å²) in [5, 5.41) is 27.9. The first-order valence-corrected chi connectivity index (χ1v) is 15.0. The third kappa shape index (κ3) is 11.7. The molecule has 2 heterocycles. The van der Waals surface area contributed by atoms with E-state index >= 15 is 0 Å². The SMILES string of the molecule is CC(C)(Cc1cc2ccccc2cn1)NC[C@@H](O)COc1cccc(Cl)c1C#N.CC(C)(N)Cc1cc2ccccc2cn1.Cl.Cl. The maximum absolute atomic E-state index is 10.3. The Kier molecular flexibility index (Phi) is 14.7. The lowest BCUT2D eigenvalue weighted by Gasteiger charge is -2.27. The van der Waals surface area contributed by atoms with Gasteiger partial charge in [-0.1, -0.05) is 66.2 Å². The zero-order chi connectivity index (χ0) is 31.7. The van der Waals surface area contributed by atoms with Gasteiger partial charge in [0.05, 0.1) is 5.02 Å². The van der Waals surface area contributed by atoms with E-state index in [1.54, 1.807) is 18.2 Å². The van der Waals surface area contributed by atoms with E-state index < -0.39 is 6.10 Å². The summed E-state index contributed by atoms with van der Waals surface area (Å²) in [7, 11) is 0. The van der Waals surface area contributed by atoms with E-state index in [0.717, 1.165) is 35.0 Å². The Labute approximate surface area is 289 Å². The van der Waals surface area contributed by atoms with Crippen molar-refractivity contribution < 1.29 is 9.84 Å². The van der Waals surface area contributed by atoms with Crippen LogP contribution in [-0.2, 0) is 12.8 Å². The van der Waals surface area contributed by atoms with E-state index in [9.17, 15) is 10.4 Å². The van der Waals surface area contributed by atoms with Crippen LogP contribution in [0.2, 0.25) is 5.02 Å². The summed E-state index contributed by atoms with van der Waals surface area (Å²) in [5.41, 5.74) is 7.83. The highest BCUT2D eigenvalue weighted by atomic mass is 35.5. The first kappa shape index (κ1) is 38.7. The van der Waals surface area contributed by atoms with Crippen LogP contribution in [-0.4, -0.2) is 45.4 Å². The van der Waals surface area contributed by atoms with Crippen LogP contribution < -0.4 is 15.8 Å². The molecular formula is C36H42Cl3N5O2. The second-order valence-corrected chi connectivity index (χ2v) is 12.7. The maximum Gasteiger partial charge on any atom is 0.138 e. The van der Waals surface area contributed by atoms with Crippen LogP contribution in [0.25, 0.3) is 21.5 Å². The first-order valence-electron chi connectivity index (χ1n) is 14.6. The standard InChI is InChI=1S/C23H24ClN3O2.C13H16N2.2ClH/c1-23(2,11-18-10-16-6-3-4-7-17(16)13-26-18)27-14-19(28)15-29-22-9-5-8-21(24)20(22)12-25;1-13(2,14)8-12-7-10-5-3-4-6-11(10)9-15-12;;/h3-10,13,19,27-28H,11,14-15H2,1-2H3;3-7,9H,8,14H2,1-2H3;2*1H/t19-;;;/m1.../s1. The molecule has 2 aromatic heterocycles. The summed E-state index contributed by atoms with van der Waals surface area (Å²) in [6.45, 7) is 8.59. The van der Waals surface area contributed by atoms with Gasteiger partial charge in [0.1, 0.15) is 30.1 Å². The lowest BCUT2D eigenvalue weighted by atomic mass is 9.97. The molecule has 4 N–H and O–H groups in total. The monoisotopic (exact) mass is 681 g/mol. The average molecular weight is 683 g/mol. The van der Waals surface area contributed by atoms with Crippen LogP contribution in [0.15, 0.2) is 91.3 Å². The van der Waals surface area contributed by atoms with Gasteiger partial charge < -0.3 is 20.9 Å². The number of benzene rings is 3. The van der Waals surface area contributed by atoms with Crippen molar-refractivity contribution in [2.75, 3.05) is 13.2 Å². The number of pyridine rings is 2. The third-order valence-corrected chi connectivity index (χ3v) is 7.28. The Bertz CT molecular complexity index is 1750. The molecule has 0 unspecified atom stereocenters. The van der Waals surface area contributed by atoms with Crippen LogP contribution in [0.1, 0.15) is 44.6 Å². The number of β-amino-alcohol motifs (C(OH)–C–C–N with tert-alkyl or cyclic N) is 1. The predicted molar refractivity (Wildman–Crippen MR) is 193 cm³/mol. The molecule has 0 bridgehead atoms. The summed E-state index contributed by atoms with van der Waals surface area (Å²) >= 11 is 6.00. The van der Waals surface area contributed by atoms with Crippen LogP contribution in [0.3, 0.4) is 0 Å². The number of halogens is 3. The van der Waals surface area contributed by atoms with Gasteiger partial charge in [-0.3, -0.25) is 9.97 Å². The molecule has 0 aliphatic heterocycles. The van der Waals surface area contributed by atoms with Gasteiger partial charge in [0.15, 0.2) is 0 Å². The predicted octanol–water partition coefficient (Wildman–Crippen LogP) is 7.47. The van der Waals surface area contributed by atoms with Crippen molar-refractivity contribution in [3.8, 4) is 11.8 Å². The lowest BCUT2D eigenvalue weighted by molar-refractivity contribution is 0.0986. The molecule has 46 heavy (non-hydrogen) atoms. The van der Waals surface area contributed by atoms with Crippen LogP contribution in [0.5, 0.6) is 5.75 Å². The molecule has 1 atom stereocenters. The number of fused-ring (bicyclic) bond motifs is 2. The van der Waals surface area contributed by atoms with Crippen molar-refractivity contribution in [3.63, 3.8) is 0 Å². The highest BCUT2D eigenvalue weighted by Gasteiger charge is 2.21. The maximum atomic E-state index is 10.3. The van der Waals surface area contributed by atoms with Crippen molar-refractivity contribution in [2.24, 2.45) is 5.73 Å². The van der Waals surface area contributed by atoms with E-state index in [1.807, 2.05) is 62.6 Å². The number of aliphatic hydroxyl groups excluding tert-OH is 1. The molecule has 3 aromatic carbocycles. The number of hydrogen-bond acceptors (Lipinski definition) is 7. The number of nitrogens with one attached hydrogen (secondary N) is 1. The number of nitrogens with zero attached hydrogens (tertiary/aromatic N) is 3. The Morgan fingerprint density at radius 1 is 0.848 bits per heavy atom. The van der Waals surface area contributed by atoms with E-state index in [1.165, 1.54) is 10.8 Å². The summed E-state index contributed by atoms with van der Waals surface area (Å²) in [6, 6.07) is 27.6. The molecule has 0 saturated carbocycles. The first-order chi connectivity index (χ1) is 20.9. The number of ether oxygens (including phenoxy) is 1. The molecule has 244 valence electrons. The largest absolute Gasteiger partial charge is 0.489 e. The fraction of sp³-hybridized carbons (Fsp3) is 0.306. The van der Waals surface area contributed by atoms with Crippen LogP contribution in [0, 0.1) is 11.3 Å². The van der Waals surface area contributed by atoms with Gasteiger partial charge in [-0.25, -0.2) is 0 Å². The minimum atomic E-state index is -0.732. The van der Waals surface area contributed by atoms with E-state index in [0.29, 0.717) is 17.3 Å². The average Bonchev–Trinajstić information content (AvgIpc) is 2.98. The van der Waals surface area contributed by atoms with Crippen LogP contribution >= 0.6 is 36.4 Å². The van der Waals surface area contributed by atoms with Gasteiger partial charge in [0.25, 0.3) is 0 Å². The number of nitrogens with two attached hydrogens (primary N) is 1. The lowest BCUT2D eigenvalue weighted by Crippen LogP contribution is -2.46. The second-order valence-electron chi connectivity index (χ2n) is 12.3. The van der Waals surface area contributed by atoms with Crippen LogP contribution in [0.4, 0.5) is 0 Å². The van der Waals surface area contributed by atoms with Gasteiger partial charge >= 0.3 is 0 Å². The molecule has 7 nitrogen and oxygen atoms in total. The summed E-state index contributed by atoms with van der Waals surface area (Å²) < 4.78 is 5.59. The van der Waals surface area contributed by atoms with Crippen molar-refractivity contribution in [2.45, 2.75) is 57.7 Å². The van der Waals surface area contributed by atoms with Crippen molar-refractivity contribution in [1.82, 2.24) is 15.3 Å². The second kappa shape index (κ2) is 17.4. The number of hydrogen-bond donors (Lipinski definition) is 3. The van der Waals surface area contributed by atoms with Gasteiger partial charge in [0, 0.05) is 65.0 Å². The highest BCUT2D eigenvalue weighted by Crippen LogP contribution is 2.25. The number of nitriles is 1. The molecule has 0 fully saturated rings. The Balaban J connectivity index is 0.000000367. The fourth-order valence-corrected chi connectivity index (χ4v) is 5.01. The van der Waals surface area contributed by atoms with Crippen molar-refractivity contribution >= 4 is 58.0 Å². The number of rotatable bonds is 10. The summed E-state index contributed by atoms with van der Waals surface area (Å²) in [4.78, 5) is 8.96. The highest BCUT2D eigenvalue weighted by molar-refractivity contribution is 6.31. The summed E-state index contributed by atoms with van der Waals surface area (Å²) in [6.07, 6.45) is 4.60. The van der Waals surface area contributed by atoms with E-state index in [4.69, 9.17) is 22.1 Å². The molecule has 5 aromatic rings. The minimum Gasteiger partial charge on any atom is -0.489 e.